The second kappa shape index (κ2) is 8.49. The summed E-state index contributed by atoms with van der Waals surface area (Å²) in [5, 5.41) is 4.13. The fourth-order valence-corrected chi connectivity index (χ4v) is 4.72. The Morgan fingerprint density at radius 3 is 2.50 bits per heavy atom. The summed E-state index contributed by atoms with van der Waals surface area (Å²) in [4.78, 5) is 17.1. The van der Waals surface area contributed by atoms with Gasteiger partial charge in [0.2, 0.25) is 0 Å². The first-order chi connectivity index (χ1) is 16.5. The van der Waals surface area contributed by atoms with E-state index < -0.39 is 10.0 Å². The summed E-state index contributed by atoms with van der Waals surface area (Å²) in [6.07, 6.45) is 4.65. The number of nitrogens with zero attached hydrogens (tertiary/aromatic N) is 3. The van der Waals surface area contributed by atoms with Gasteiger partial charge in [-0.3, -0.25) is 19.1 Å². The molecule has 1 N–H and O–H groups in total. The maximum Gasteiger partial charge on any atom is 0.263 e. The summed E-state index contributed by atoms with van der Waals surface area (Å²) in [5.41, 5.74) is 2.58. The first-order valence-corrected chi connectivity index (χ1v) is 11.6. The summed E-state index contributed by atoms with van der Waals surface area (Å²) in [5.74, 6) is 0.569. The van der Waals surface area contributed by atoms with Crippen molar-refractivity contribution < 1.29 is 17.7 Å². The van der Waals surface area contributed by atoms with E-state index in [-0.39, 0.29) is 16.3 Å². The first kappa shape index (κ1) is 21.4. The Morgan fingerprint density at radius 2 is 1.76 bits per heavy atom. The predicted molar refractivity (Wildman–Crippen MR) is 127 cm³/mol. The highest BCUT2D eigenvalue weighted by atomic mass is 32.2. The van der Waals surface area contributed by atoms with E-state index in [1.54, 1.807) is 30.6 Å². The van der Waals surface area contributed by atoms with Crippen molar-refractivity contribution in [3.8, 4) is 22.6 Å². The first-order valence-electron chi connectivity index (χ1n) is 10.1. The van der Waals surface area contributed by atoms with Gasteiger partial charge in [-0.25, -0.2) is 8.42 Å². The third-order valence-corrected chi connectivity index (χ3v) is 6.64. The highest BCUT2D eigenvalue weighted by Crippen LogP contribution is 2.31. The van der Waals surface area contributed by atoms with Crippen LogP contribution in [-0.2, 0) is 10.0 Å². The molecule has 0 fully saturated rings. The molecule has 170 valence electrons. The van der Waals surface area contributed by atoms with Crippen LogP contribution < -0.4 is 15.0 Å². The van der Waals surface area contributed by atoms with Crippen molar-refractivity contribution in [2.75, 3.05) is 11.8 Å². The van der Waals surface area contributed by atoms with E-state index in [2.05, 4.69) is 19.4 Å². The third-order valence-electron chi connectivity index (χ3n) is 5.29. The number of rotatable bonds is 6. The van der Waals surface area contributed by atoms with Crippen LogP contribution in [0.1, 0.15) is 0 Å². The van der Waals surface area contributed by atoms with Gasteiger partial charge in [-0.2, -0.15) is 0 Å². The minimum absolute atomic E-state index is 0.0192. The van der Waals surface area contributed by atoms with Gasteiger partial charge in [0.05, 0.1) is 23.2 Å². The molecule has 0 saturated carbocycles. The number of ether oxygens (including phenoxy) is 1. The van der Waals surface area contributed by atoms with Crippen LogP contribution in [0.4, 0.5) is 5.82 Å². The van der Waals surface area contributed by atoms with Gasteiger partial charge in [0.15, 0.2) is 5.82 Å². The molecule has 0 spiro atoms. The maximum atomic E-state index is 13.0. The molecule has 3 aromatic heterocycles. The zero-order valence-corrected chi connectivity index (χ0v) is 18.7. The molecule has 0 unspecified atom stereocenters. The molecular formula is C24H18N4O5S. The Hall–Kier alpha value is -4.44. The molecule has 5 rings (SSSR count). The number of fused-ring (bicyclic) bond motifs is 1. The second-order valence-corrected chi connectivity index (χ2v) is 9.02. The molecule has 0 radical (unpaired) electrons. The van der Waals surface area contributed by atoms with Gasteiger partial charge >= 0.3 is 0 Å². The van der Waals surface area contributed by atoms with Gasteiger partial charge in [-0.05, 0) is 59.7 Å². The quantitative estimate of drug-likeness (QED) is 0.397. The zero-order chi connectivity index (χ0) is 23.7. The van der Waals surface area contributed by atoms with Crippen LogP contribution in [0.15, 0.2) is 99.6 Å². The molecule has 34 heavy (non-hydrogen) atoms. The number of anilines is 1. The Balaban J connectivity index is 1.66. The number of aromatic nitrogens is 3. The van der Waals surface area contributed by atoms with Crippen LogP contribution in [0.2, 0.25) is 0 Å². The van der Waals surface area contributed by atoms with Crippen molar-refractivity contribution >= 4 is 26.7 Å². The molecule has 0 aliphatic heterocycles. The highest BCUT2D eigenvalue weighted by molar-refractivity contribution is 7.92. The van der Waals surface area contributed by atoms with Crippen molar-refractivity contribution in [2.45, 2.75) is 4.90 Å². The van der Waals surface area contributed by atoms with Crippen LogP contribution in [0.3, 0.4) is 0 Å². The average Bonchev–Trinajstić information content (AvgIpc) is 3.36. The van der Waals surface area contributed by atoms with Gasteiger partial charge in [0.1, 0.15) is 12.0 Å². The SMILES string of the molecule is COc1ccc(-c2ccncc2)cc1-n1c(=O)ccc2cc(S(=O)(=O)Nc3ccon3)ccc21. The van der Waals surface area contributed by atoms with Gasteiger partial charge in [-0.15, -0.1) is 0 Å². The van der Waals surface area contributed by atoms with Gasteiger partial charge in [0, 0.05) is 29.9 Å². The largest absolute Gasteiger partial charge is 0.495 e. The number of hydrogen-bond donors (Lipinski definition) is 1. The smallest absolute Gasteiger partial charge is 0.263 e. The Morgan fingerprint density at radius 1 is 0.941 bits per heavy atom. The van der Waals surface area contributed by atoms with Crippen molar-refractivity contribution in [3.63, 3.8) is 0 Å². The number of methoxy groups -OCH3 is 1. The predicted octanol–water partition coefficient (Wildman–Crippen LogP) is 3.85. The lowest BCUT2D eigenvalue weighted by atomic mass is 10.1. The average molecular weight is 474 g/mol. The standard InChI is InChI=1S/C24H18N4O5S/c1-32-22-6-2-17(16-8-11-25-12-9-16)15-21(22)28-20-5-4-19(14-18(20)3-7-24(28)29)34(30,31)27-23-10-13-33-26-23/h2-15H,1H3,(H,26,27). The van der Waals surface area contributed by atoms with E-state index >= 15 is 0 Å². The van der Waals surface area contributed by atoms with E-state index in [0.29, 0.717) is 22.3 Å². The summed E-state index contributed by atoms with van der Waals surface area (Å²) < 4.78 is 39.6. The van der Waals surface area contributed by atoms with E-state index in [1.165, 1.54) is 42.2 Å². The van der Waals surface area contributed by atoms with Crippen LogP contribution in [0.5, 0.6) is 5.75 Å². The minimum atomic E-state index is -3.91. The summed E-state index contributed by atoms with van der Waals surface area (Å²) in [6, 6.07) is 18.2. The Labute approximate surface area is 194 Å². The normalized spacial score (nSPS) is 11.4. The molecule has 0 amide bonds. The lowest BCUT2D eigenvalue weighted by Crippen LogP contribution is -2.19. The van der Waals surface area contributed by atoms with E-state index in [1.807, 2.05) is 24.3 Å². The fraction of sp³-hybridized carbons (Fsp3) is 0.0417. The van der Waals surface area contributed by atoms with Crippen molar-refractivity contribution in [3.05, 3.63) is 95.7 Å². The molecule has 2 aromatic carbocycles. The van der Waals surface area contributed by atoms with Crippen LogP contribution >= 0.6 is 0 Å². The molecule has 0 atom stereocenters. The topological polar surface area (TPSA) is 116 Å². The number of benzene rings is 2. The lowest BCUT2D eigenvalue weighted by Gasteiger charge is -2.16. The molecule has 0 aliphatic rings. The molecular weight excluding hydrogens is 456 g/mol. The minimum Gasteiger partial charge on any atom is -0.495 e. The summed E-state index contributed by atoms with van der Waals surface area (Å²) in [6.45, 7) is 0. The van der Waals surface area contributed by atoms with Gasteiger partial charge in [-0.1, -0.05) is 11.2 Å². The fourth-order valence-electron chi connectivity index (χ4n) is 3.69. The highest BCUT2D eigenvalue weighted by Gasteiger charge is 2.18. The van der Waals surface area contributed by atoms with Gasteiger partial charge in [0.25, 0.3) is 15.6 Å². The monoisotopic (exact) mass is 474 g/mol. The third kappa shape index (κ3) is 3.90. The molecule has 5 aromatic rings. The number of pyridine rings is 2. The van der Waals surface area contributed by atoms with Crippen LogP contribution in [0.25, 0.3) is 27.7 Å². The lowest BCUT2D eigenvalue weighted by molar-refractivity contribution is 0.413. The molecule has 10 heteroatoms. The number of sulfonamides is 1. The summed E-state index contributed by atoms with van der Waals surface area (Å²) in [7, 11) is -2.38. The summed E-state index contributed by atoms with van der Waals surface area (Å²) >= 11 is 0. The Kier molecular flexibility index (Phi) is 5.34. The molecule has 3 heterocycles. The van der Waals surface area contributed by atoms with Gasteiger partial charge < -0.3 is 9.26 Å². The molecule has 0 bridgehead atoms. The van der Waals surface area contributed by atoms with E-state index in [9.17, 15) is 13.2 Å². The zero-order valence-electron chi connectivity index (χ0n) is 17.9. The number of hydrogen-bond acceptors (Lipinski definition) is 7. The molecule has 0 saturated heterocycles. The molecule has 0 aliphatic carbocycles. The van der Waals surface area contributed by atoms with Crippen LogP contribution in [0, 0.1) is 0 Å². The Bertz CT molecular complexity index is 1650. The van der Waals surface area contributed by atoms with Crippen LogP contribution in [-0.4, -0.2) is 30.2 Å². The molecule has 9 nitrogen and oxygen atoms in total. The van der Waals surface area contributed by atoms with Crippen molar-refractivity contribution in [2.24, 2.45) is 0 Å². The maximum absolute atomic E-state index is 13.0. The number of nitrogens with one attached hydrogen (secondary N) is 1. The second-order valence-electron chi connectivity index (χ2n) is 7.34. The van der Waals surface area contributed by atoms with Crippen molar-refractivity contribution in [1.82, 2.24) is 14.7 Å². The van der Waals surface area contributed by atoms with E-state index in [0.717, 1.165) is 11.1 Å². The van der Waals surface area contributed by atoms with E-state index in [4.69, 9.17) is 4.74 Å². The van der Waals surface area contributed by atoms with Crippen molar-refractivity contribution in [1.29, 1.82) is 0 Å².